The van der Waals surface area contributed by atoms with E-state index in [-0.39, 0.29) is 22.7 Å². The highest BCUT2D eigenvalue weighted by atomic mass is 16.5. The Morgan fingerprint density at radius 1 is 1.03 bits per heavy atom. The first-order valence-electron chi connectivity index (χ1n) is 10.4. The van der Waals surface area contributed by atoms with Gasteiger partial charge < -0.3 is 14.5 Å². The van der Waals surface area contributed by atoms with Crippen LogP contribution in [0.2, 0.25) is 0 Å². The van der Waals surface area contributed by atoms with Gasteiger partial charge in [0, 0.05) is 6.07 Å². The Morgan fingerprint density at radius 3 is 2.56 bits per heavy atom. The number of nitrogens with zero attached hydrogens (tertiary/aromatic N) is 1. The van der Waals surface area contributed by atoms with E-state index < -0.39 is 24.0 Å². The van der Waals surface area contributed by atoms with Crippen molar-refractivity contribution >= 4 is 40.1 Å². The van der Waals surface area contributed by atoms with Gasteiger partial charge in [-0.1, -0.05) is 37.1 Å². The molecule has 2 heterocycles. The van der Waals surface area contributed by atoms with Crippen LogP contribution in [-0.4, -0.2) is 29.9 Å². The largest absolute Gasteiger partial charge is 0.450 e. The van der Waals surface area contributed by atoms with E-state index in [9.17, 15) is 19.2 Å². The van der Waals surface area contributed by atoms with Gasteiger partial charge in [0.1, 0.15) is 11.1 Å². The Hall–Kier alpha value is -3.94. The number of hydrogen-bond acceptors (Lipinski definition) is 6. The molecule has 1 aliphatic carbocycles. The summed E-state index contributed by atoms with van der Waals surface area (Å²) in [5.41, 5.74) is -0.00289. The van der Waals surface area contributed by atoms with Crippen LogP contribution in [0.5, 0.6) is 0 Å². The molecule has 2 amide bonds. The van der Waals surface area contributed by atoms with Crippen LogP contribution in [0.3, 0.4) is 0 Å². The Balaban J connectivity index is 1.41. The molecule has 8 heteroatoms. The standard InChI is InChI=1S/C24H20N2O6/c27-18-13-20(32-19-10-4-1-7-15(18)19)22(29)31-14-21(28)26-17-9-3-2-8-16(17)25-23(30)24(26)11-5-6-12-24/h1-4,7-10,13H,5-6,11-12,14H2,(H,25,30). The van der Waals surface area contributed by atoms with E-state index in [1.54, 1.807) is 48.5 Å². The molecule has 5 rings (SSSR count). The molecule has 0 bridgehead atoms. The van der Waals surface area contributed by atoms with E-state index in [0.29, 0.717) is 29.6 Å². The molecule has 8 nitrogen and oxygen atoms in total. The van der Waals surface area contributed by atoms with E-state index in [1.165, 1.54) is 4.90 Å². The van der Waals surface area contributed by atoms with Crippen LogP contribution in [0.1, 0.15) is 36.2 Å². The van der Waals surface area contributed by atoms with Gasteiger partial charge in [0.15, 0.2) is 12.0 Å². The zero-order valence-electron chi connectivity index (χ0n) is 17.1. The number of anilines is 2. The van der Waals surface area contributed by atoms with Gasteiger partial charge in [0.05, 0.1) is 16.8 Å². The van der Waals surface area contributed by atoms with Gasteiger partial charge in [-0.15, -0.1) is 0 Å². The summed E-state index contributed by atoms with van der Waals surface area (Å²) in [6.07, 6.45) is 2.71. The first kappa shape index (κ1) is 20.0. The number of ether oxygens (including phenoxy) is 1. The maximum atomic E-state index is 13.3. The minimum Gasteiger partial charge on any atom is -0.450 e. The van der Waals surface area contributed by atoms with Crippen LogP contribution in [0, 0.1) is 0 Å². The second-order valence-electron chi connectivity index (χ2n) is 7.99. The first-order valence-corrected chi connectivity index (χ1v) is 10.4. The van der Waals surface area contributed by atoms with Gasteiger partial charge in [0.2, 0.25) is 5.76 Å². The van der Waals surface area contributed by atoms with Crippen molar-refractivity contribution in [2.45, 2.75) is 31.2 Å². The van der Waals surface area contributed by atoms with Gasteiger partial charge in [-0.3, -0.25) is 19.3 Å². The lowest BCUT2D eigenvalue weighted by molar-refractivity contribution is -0.129. The van der Waals surface area contributed by atoms with Crippen LogP contribution in [0.25, 0.3) is 11.0 Å². The lowest BCUT2D eigenvalue weighted by Crippen LogP contribution is -2.61. The Bertz CT molecular complexity index is 1310. The number of para-hydroxylation sites is 3. The highest BCUT2D eigenvalue weighted by Crippen LogP contribution is 2.45. The molecule has 1 spiro atoms. The number of benzene rings is 2. The average Bonchev–Trinajstić information content (AvgIpc) is 3.28. The van der Waals surface area contributed by atoms with Crippen molar-refractivity contribution < 1.29 is 23.5 Å². The lowest BCUT2D eigenvalue weighted by atomic mass is 9.90. The number of hydrogen-bond donors (Lipinski definition) is 1. The van der Waals surface area contributed by atoms with Crippen molar-refractivity contribution in [3.63, 3.8) is 0 Å². The molecule has 2 aromatic carbocycles. The fourth-order valence-electron chi connectivity index (χ4n) is 4.60. The molecule has 0 unspecified atom stereocenters. The number of fused-ring (bicyclic) bond motifs is 2. The molecule has 1 aromatic heterocycles. The summed E-state index contributed by atoms with van der Waals surface area (Å²) >= 11 is 0. The van der Waals surface area contributed by atoms with E-state index in [2.05, 4.69) is 5.32 Å². The van der Waals surface area contributed by atoms with E-state index in [0.717, 1.165) is 18.9 Å². The van der Waals surface area contributed by atoms with Crippen molar-refractivity contribution in [2.24, 2.45) is 0 Å². The third kappa shape index (κ3) is 3.15. The SMILES string of the molecule is O=C(OCC(=O)N1c2ccccc2NC(=O)C12CCCC2)c1cc(=O)c2ccccc2o1. The summed E-state index contributed by atoms with van der Waals surface area (Å²) in [4.78, 5) is 52.5. The maximum absolute atomic E-state index is 13.3. The van der Waals surface area contributed by atoms with Crippen molar-refractivity contribution in [1.29, 1.82) is 0 Å². The van der Waals surface area contributed by atoms with Crippen molar-refractivity contribution in [2.75, 3.05) is 16.8 Å². The molecule has 1 aliphatic heterocycles. The molecule has 1 fully saturated rings. The normalized spacial score (nSPS) is 16.6. The fraction of sp³-hybridized carbons (Fsp3) is 0.250. The molecule has 162 valence electrons. The highest BCUT2D eigenvalue weighted by molar-refractivity contribution is 6.15. The fourth-order valence-corrected chi connectivity index (χ4v) is 4.60. The number of nitrogens with one attached hydrogen (secondary N) is 1. The maximum Gasteiger partial charge on any atom is 0.374 e. The van der Waals surface area contributed by atoms with Gasteiger partial charge in [0.25, 0.3) is 11.8 Å². The Kier molecular flexibility index (Phi) is 4.77. The second-order valence-corrected chi connectivity index (χ2v) is 7.99. The number of carbonyl (C=O) groups excluding carboxylic acids is 3. The predicted molar refractivity (Wildman–Crippen MR) is 117 cm³/mol. The van der Waals surface area contributed by atoms with Crippen LogP contribution in [0.4, 0.5) is 11.4 Å². The summed E-state index contributed by atoms with van der Waals surface area (Å²) in [6, 6.07) is 14.7. The third-order valence-corrected chi connectivity index (χ3v) is 6.09. The first-order chi connectivity index (χ1) is 15.5. The molecule has 1 N–H and O–H groups in total. The van der Waals surface area contributed by atoms with Crippen LogP contribution >= 0.6 is 0 Å². The molecule has 32 heavy (non-hydrogen) atoms. The Labute approximate surface area is 182 Å². The third-order valence-electron chi connectivity index (χ3n) is 6.09. The second kappa shape index (κ2) is 7.64. The van der Waals surface area contributed by atoms with Crippen LogP contribution in [-0.2, 0) is 14.3 Å². The number of carbonyl (C=O) groups is 3. The summed E-state index contributed by atoms with van der Waals surface area (Å²) in [5, 5.41) is 3.25. The van der Waals surface area contributed by atoms with Gasteiger partial charge in [-0.25, -0.2) is 4.79 Å². The van der Waals surface area contributed by atoms with Gasteiger partial charge >= 0.3 is 5.97 Å². The Morgan fingerprint density at radius 2 is 1.75 bits per heavy atom. The van der Waals surface area contributed by atoms with Crippen molar-refractivity contribution in [1.82, 2.24) is 0 Å². The molecule has 0 saturated heterocycles. The average molecular weight is 432 g/mol. The minimum absolute atomic E-state index is 0.228. The van der Waals surface area contributed by atoms with Crippen LogP contribution in [0.15, 0.2) is 63.8 Å². The van der Waals surface area contributed by atoms with Gasteiger partial charge in [-0.05, 0) is 37.1 Å². The molecule has 1 saturated carbocycles. The monoisotopic (exact) mass is 432 g/mol. The van der Waals surface area contributed by atoms with Crippen LogP contribution < -0.4 is 15.6 Å². The number of esters is 1. The zero-order chi connectivity index (χ0) is 22.3. The quantitative estimate of drug-likeness (QED) is 0.637. The number of rotatable bonds is 3. The molecule has 3 aromatic rings. The summed E-state index contributed by atoms with van der Waals surface area (Å²) in [7, 11) is 0. The summed E-state index contributed by atoms with van der Waals surface area (Å²) in [6.45, 7) is -0.585. The molecular weight excluding hydrogens is 412 g/mol. The zero-order valence-corrected chi connectivity index (χ0v) is 17.1. The van der Waals surface area contributed by atoms with E-state index in [1.807, 2.05) is 0 Å². The molecule has 0 atom stereocenters. The van der Waals surface area contributed by atoms with Gasteiger partial charge in [-0.2, -0.15) is 0 Å². The molecule has 0 radical (unpaired) electrons. The van der Waals surface area contributed by atoms with Crippen molar-refractivity contribution in [3.05, 3.63) is 70.6 Å². The van der Waals surface area contributed by atoms with Crippen molar-refractivity contribution in [3.8, 4) is 0 Å². The highest BCUT2D eigenvalue weighted by Gasteiger charge is 2.52. The van der Waals surface area contributed by atoms with E-state index >= 15 is 0 Å². The smallest absolute Gasteiger partial charge is 0.374 e. The minimum atomic E-state index is -0.993. The summed E-state index contributed by atoms with van der Waals surface area (Å²) in [5.74, 6) is -1.94. The lowest BCUT2D eigenvalue weighted by Gasteiger charge is -2.44. The number of amides is 2. The molecular formula is C24H20N2O6. The topological polar surface area (TPSA) is 106 Å². The molecule has 2 aliphatic rings. The predicted octanol–water partition coefficient (Wildman–Crippen LogP) is 3.25. The van der Waals surface area contributed by atoms with E-state index in [4.69, 9.17) is 9.15 Å². The summed E-state index contributed by atoms with van der Waals surface area (Å²) < 4.78 is 10.7.